The quantitative estimate of drug-likeness (QED) is 0.179. The highest BCUT2D eigenvalue weighted by Crippen LogP contribution is 2.45. The van der Waals surface area contributed by atoms with Crippen LogP contribution in [-0.2, 0) is 0 Å². The lowest BCUT2D eigenvalue weighted by Gasteiger charge is -2.19. The number of imidazole rings is 1. The van der Waals surface area contributed by atoms with E-state index in [0.717, 1.165) is 28.1 Å². The van der Waals surface area contributed by atoms with E-state index >= 15 is 0 Å². The molecule has 9 aromatic carbocycles. The van der Waals surface area contributed by atoms with Crippen molar-refractivity contribution in [2.24, 2.45) is 0 Å². The molecule has 0 saturated carbocycles. The second-order valence-electron chi connectivity index (χ2n) is 12.7. The molecule has 0 aliphatic heterocycles. The first-order valence-corrected chi connectivity index (χ1v) is 16.8. The van der Waals surface area contributed by atoms with Crippen molar-refractivity contribution in [2.75, 3.05) is 0 Å². The summed E-state index contributed by atoms with van der Waals surface area (Å²) in [5.41, 5.74) is 9.25. The Hall–Kier alpha value is -6.51. The number of nitrogens with zero attached hydrogens (tertiary/aromatic N) is 2. The zero-order chi connectivity index (χ0) is 32.3. The van der Waals surface area contributed by atoms with Crippen LogP contribution in [-0.4, -0.2) is 9.55 Å². The lowest BCUT2D eigenvalue weighted by atomic mass is 9.85. The topological polar surface area (TPSA) is 17.8 Å². The van der Waals surface area contributed by atoms with Crippen molar-refractivity contribution in [1.82, 2.24) is 9.55 Å². The monoisotopic (exact) mass is 622 g/mol. The van der Waals surface area contributed by atoms with Gasteiger partial charge in [0.25, 0.3) is 0 Å². The molecular formula is C47H30N2. The van der Waals surface area contributed by atoms with E-state index in [-0.39, 0.29) is 0 Å². The molecule has 0 aliphatic rings. The van der Waals surface area contributed by atoms with Gasteiger partial charge in [-0.2, -0.15) is 0 Å². The van der Waals surface area contributed by atoms with Crippen LogP contribution < -0.4 is 0 Å². The minimum Gasteiger partial charge on any atom is -0.292 e. The van der Waals surface area contributed by atoms with Crippen LogP contribution >= 0.6 is 0 Å². The Morgan fingerprint density at radius 2 is 0.918 bits per heavy atom. The van der Waals surface area contributed by atoms with Gasteiger partial charge in [-0.25, -0.2) is 4.98 Å². The largest absolute Gasteiger partial charge is 0.292 e. The van der Waals surface area contributed by atoms with E-state index in [2.05, 4.69) is 187 Å². The van der Waals surface area contributed by atoms with Gasteiger partial charge in [-0.1, -0.05) is 152 Å². The number of hydrogen-bond donors (Lipinski definition) is 0. The first kappa shape index (κ1) is 27.6. The molecule has 0 aliphatic carbocycles. The highest BCUT2D eigenvalue weighted by Gasteiger charge is 2.19. The van der Waals surface area contributed by atoms with Crippen molar-refractivity contribution >= 4 is 54.1 Å². The molecule has 0 fully saturated rings. The van der Waals surface area contributed by atoms with Crippen LogP contribution in [0.5, 0.6) is 0 Å². The predicted molar refractivity (Wildman–Crippen MR) is 207 cm³/mol. The second-order valence-corrected chi connectivity index (χ2v) is 12.7. The first-order valence-electron chi connectivity index (χ1n) is 16.8. The summed E-state index contributed by atoms with van der Waals surface area (Å²) < 4.78 is 2.29. The maximum absolute atomic E-state index is 5.15. The van der Waals surface area contributed by atoms with E-state index in [9.17, 15) is 0 Å². The molecule has 228 valence electrons. The van der Waals surface area contributed by atoms with Gasteiger partial charge in [0.05, 0.1) is 11.0 Å². The fraction of sp³-hybridized carbons (Fsp3) is 0. The SMILES string of the molecule is c1ccc2cc(-c3nc4ccccc4n3-c3ccc(-c4c5ccccc5c(-c5cccc6ccccc56)c5ccccc45)cc3)ccc2c1. The standard InChI is InChI=1S/C47H30N2/c1-2-14-34-30-35(25-24-31(34)12-1)47-48-43-22-9-10-23-44(43)49(47)36-28-26-33(27-29-36)45-39-17-5-7-19-41(39)46(42-20-8-6-18-40(42)45)38-21-11-15-32-13-3-4-16-37(32)38/h1-30H. The zero-order valence-electron chi connectivity index (χ0n) is 26.7. The molecule has 10 rings (SSSR count). The van der Waals surface area contributed by atoms with Gasteiger partial charge >= 0.3 is 0 Å². The van der Waals surface area contributed by atoms with Crippen molar-refractivity contribution in [3.8, 4) is 39.3 Å². The molecule has 0 unspecified atom stereocenters. The summed E-state index contributed by atoms with van der Waals surface area (Å²) in [7, 11) is 0. The van der Waals surface area contributed by atoms with E-state index < -0.39 is 0 Å². The van der Waals surface area contributed by atoms with Crippen LogP contribution in [0.3, 0.4) is 0 Å². The fourth-order valence-electron chi connectivity index (χ4n) is 7.76. The summed E-state index contributed by atoms with van der Waals surface area (Å²) in [5.74, 6) is 0.940. The Bertz CT molecular complexity index is 2810. The minimum atomic E-state index is 0.940. The van der Waals surface area contributed by atoms with E-state index in [4.69, 9.17) is 4.98 Å². The van der Waals surface area contributed by atoms with E-state index in [0.29, 0.717) is 0 Å². The van der Waals surface area contributed by atoms with Crippen LogP contribution in [0.2, 0.25) is 0 Å². The number of benzene rings is 9. The van der Waals surface area contributed by atoms with Crippen molar-refractivity contribution in [1.29, 1.82) is 0 Å². The lowest BCUT2D eigenvalue weighted by Crippen LogP contribution is -1.98. The molecule has 10 aromatic rings. The van der Waals surface area contributed by atoms with Crippen LogP contribution in [0.25, 0.3) is 93.5 Å². The van der Waals surface area contributed by atoms with Crippen molar-refractivity contribution in [2.45, 2.75) is 0 Å². The Morgan fingerprint density at radius 3 is 1.65 bits per heavy atom. The maximum Gasteiger partial charge on any atom is 0.145 e. The summed E-state index contributed by atoms with van der Waals surface area (Å²) in [4.78, 5) is 5.15. The van der Waals surface area contributed by atoms with E-state index in [1.807, 2.05) is 0 Å². The smallest absolute Gasteiger partial charge is 0.145 e. The highest BCUT2D eigenvalue weighted by atomic mass is 15.1. The Kier molecular flexibility index (Phi) is 6.22. The highest BCUT2D eigenvalue weighted by molar-refractivity contribution is 6.23. The molecular weight excluding hydrogens is 593 g/mol. The van der Waals surface area contributed by atoms with Gasteiger partial charge in [-0.15, -0.1) is 0 Å². The average molecular weight is 623 g/mol. The van der Waals surface area contributed by atoms with Crippen molar-refractivity contribution in [3.63, 3.8) is 0 Å². The van der Waals surface area contributed by atoms with Crippen LogP contribution in [0.4, 0.5) is 0 Å². The number of hydrogen-bond acceptors (Lipinski definition) is 1. The zero-order valence-corrected chi connectivity index (χ0v) is 26.7. The molecule has 2 heteroatoms. The molecule has 0 saturated heterocycles. The van der Waals surface area contributed by atoms with Gasteiger partial charge in [-0.3, -0.25) is 4.57 Å². The van der Waals surface area contributed by atoms with Gasteiger partial charge in [0.1, 0.15) is 5.82 Å². The van der Waals surface area contributed by atoms with Gasteiger partial charge in [0.15, 0.2) is 0 Å². The molecule has 0 spiro atoms. The number of aromatic nitrogens is 2. The van der Waals surface area contributed by atoms with E-state index in [1.54, 1.807) is 0 Å². The van der Waals surface area contributed by atoms with Crippen LogP contribution in [0.15, 0.2) is 182 Å². The average Bonchev–Trinajstić information content (AvgIpc) is 3.56. The molecule has 0 N–H and O–H groups in total. The predicted octanol–water partition coefficient (Wildman–Crippen LogP) is 12.6. The molecule has 0 atom stereocenters. The fourth-order valence-corrected chi connectivity index (χ4v) is 7.76. The first-order chi connectivity index (χ1) is 24.3. The minimum absolute atomic E-state index is 0.940. The van der Waals surface area contributed by atoms with Crippen LogP contribution in [0.1, 0.15) is 0 Å². The molecule has 1 heterocycles. The molecule has 0 bridgehead atoms. The molecule has 1 aromatic heterocycles. The van der Waals surface area contributed by atoms with Crippen LogP contribution in [0, 0.1) is 0 Å². The molecule has 0 amide bonds. The van der Waals surface area contributed by atoms with E-state index in [1.165, 1.54) is 65.3 Å². The maximum atomic E-state index is 5.15. The number of para-hydroxylation sites is 2. The third-order valence-electron chi connectivity index (χ3n) is 9.97. The van der Waals surface area contributed by atoms with Crippen molar-refractivity contribution < 1.29 is 0 Å². The summed E-state index contributed by atoms with van der Waals surface area (Å²) in [5, 5.41) is 9.98. The molecule has 2 nitrogen and oxygen atoms in total. The summed E-state index contributed by atoms with van der Waals surface area (Å²) in [6, 6.07) is 65.7. The van der Waals surface area contributed by atoms with Crippen molar-refractivity contribution in [3.05, 3.63) is 182 Å². The van der Waals surface area contributed by atoms with Gasteiger partial charge in [0.2, 0.25) is 0 Å². The number of rotatable bonds is 4. The second kappa shape index (κ2) is 11.0. The Balaban J connectivity index is 1.18. The summed E-state index contributed by atoms with van der Waals surface area (Å²) >= 11 is 0. The Labute approximate surface area is 284 Å². The molecule has 49 heavy (non-hydrogen) atoms. The number of fused-ring (bicyclic) bond motifs is 5. The summed E-state index contributed by atoms with van der Waals surface area (Å²) in [6.45, 7) is 0. The molecule has 0 radical (unpaired) electrons. The lowest BCUT2D eigenvalue weighted by molar-refractivity contribution is 1.10. The third kappa shape index (κ3) is 4.38. The summed E-state index contributed by atoms with van der Waals surface area (Å²) in [6.07, 6.45) is 0. The van der Waals surface area contributed by atoms with Gasteiger partial charge in [0, 0.05) is 11.3 Å². The van der Waals surface area contributed by atoms with Gasteiger partial charge < -0.3 is 0 Å². The third-order valence-corrected chi connectivity index (χ3v) is 9.97. The normalized spacial score (nSPS) is 11.7. The Morgan fingerprint density at radius 1 is 0.367 bits per heavy atom. The van der Waals surface area contributed by atoms with Gasteiger partial charge in [-0.05, 0) is 95.7 Å².